The van der Waals surface area contributed by atoms with E-state index >= 15 is 0 Å². The molecule has 7 heteroatoms. The summed E-state index contributed by atoms with van der Waals surface area (Å²) in [6.45, 7) is 8.97. The van der Waals surface area contributed by atoms with Gasteiger partial charge in [-0.2, -0.15) is 0 Å². The Bertz CT molecular complexity index is 1070. The van der Waals surface area contributed by atoms with Gasteiger partial charge in [-0.05, 0) is 68.5 Å². The second-order valence-corrected chi connectivity index (χ2v) is 9.50. The van der Waals surface area contributed by atoms with Crippen LogP contribution in [0.25, 0.3) is 0 Å². The number of rotatable bonds is 5. The molecule has 174 valence electrons. The highest BCUT2D eigenvalue weighted by Crippen LogP contribution is 2.38. The molecule has 1 saturated heterocycles. The molecule has 4 rings (SSSR count). The number of fused-ring (bicyclic) bond motifs is 1. The normalized spacial score (nSPS) is 17.1. The highest BCUT2D eigenvalue weighted by molar-refractivity contribution is 6.09. The third-order valence-corrected chi connectivity index (χ3v) is 6.22. The maximum Gasteiger partial charge on any atom is 0.271 e. The fourth-order valence-corrected chi connectivity index (χ4v) is 4.22. The first-order valence-electron chi connectivity index (χ1n) is 11.5. The van der Waals surface area contributed by atoms with E-state index in [1.165, 1.54) is 10.5 Å². The minimum absolute atomic E-state index is 0.0691. The van der Waals surface area contributed by atoms with E-state index in [0.29, 0.717) is 41.7 Å². The van der Waals surface area contributed by atoms with Gasteiger partial charge in [0, 0.05) is 24.3 Å². The molecule has 0 aliphatic carbocycles. The van der Waals surface area contributed by atoms with Crippen molar-refractivity contribution in [3.05, 3.63) is 53.6 Å². The van der Waals surface area contributed by atoms with Crippen molar-refractivity contribution in [3.8, 4) is 5.75 Å². The molecule has 1 N–H and O–H groups in total. The molecule has 0 saturated carbocycles. The van der Waals surface area contributed by atoms with Gasteiger partial charge >= 0.3 is 0 Å². The van der Waals surface area contributed by atoms with Crippen molar-refractivity contribution >= 4 is 29.1 Å². The molecule has 2 aromatic carbocycles. The van der Waals surface area contributed by atoms with Gasteiger partial charge in [-0.25, -0.2) is 0 Å². The van der Waals surface area contributed by atoms with Crippen molar-refractivity contribution in [2.45, 2.75) is 52.1 Å². The molecule has 2 aliphatic heterocycles. The van der Waals surface area contributed by atoms with Gasteiger partial charge < -0.3 is 15.0 Å². The van der Waals surface area contributed by atoms with Crippen molar-refractivity contribution in [1.82, 2.24) is 4.90 Å². The highest BCUT2D eigenvalue weighted by Gasteiger charge is 2.42. The van der Waals surface area contributed by atoms with Gasteiger partial charge in [-0.15, -0.1) is 0 Å². The van der Waals surface area contributed by atoms with Gasteiger partial charge in [0.2, 0.25) is 5.91 Å². The number of nitrogens with one attached hydrogen (secondary N) is 1. The first-order valence-corrected chi connectivity index (χ1v) is 11.5. The Hall–Kier alpha value is -3.35. The minimum Gasteiger partial charge on any atom is -0.476 e. The number of hydrogen-bond donors (Lipinski definition) is 1. The van der Waals surface area contributed by atoms with Gasteiger partial charge in [0.15, 0.2) is 5.60 Å². The fourth-order valence-electron chi connectivity index (χ4n) is 4.22. The molecule has 1 fully saturated rings. The molecule has 0 spiro atoms. The molecule has 33 heavy (non-hydrogen) atoms. The summed E-state index contributed by atoms with van der Waals surface area (Å²) in [6, 6.07) is 12.7. The van der Waals surface area contributed by atoms with Crippen LogP contribution in [0.2, 0.25) is 0 Å². The van der Waals surface area contributed by atoms with Crippen molar-refractivity contribution in [2.24, 2.45) is 0 Å². The third kappa shape index (κ3) is 4.72. The number of carbonyl (C=O) groups is 3. The average molecular weight is 450 g/mol. The van der Waals surface area contributed by atoms with Crippen LogP contribution in [0.4, 0.5) is 11.4 Å². The van der Waals surface area contributed by atoms with Gasteiger partial charge in [-0.3, -0.25) is 19.3 Å². The third-order valence-electron chi connectivity index (χ3n) is 6.22. The molecule has 0 unspecified atom stereocenters. The lowest BCUT2D eigenvalue weighted by atomic mass is 10.0. The van der Waals surface area contributed by atoms with E-state index in [4.69, 9.17) is 4.74 Å². The summed E-state index contributed by atoms with van der Waals surface area (Å²) in [5.41, 5.74) is 1.61. The average Bonchev–Trinajstić information content (AvgIpc) is 3.32. The Morgan fingerprint density at radius 3 is 2.36 bits per heavy atom. The van der Waals surface area contributed by atoms with E-state index in [1.807, 2.05) is 24.3 Å². The van der Waals surface area contributed by atoms with Crippen LogP contribution in [0.15, 0.2) is 42.5 Å². The molecule has 0 bridgehead atoms. The summed E-state index contributed by atoms with van der Waals surface area (Å²) in [7, 11) is 0. The number of likely N-dealkylation sites (tertiary alicyclic amines) is 1. The maximum atomic E-state index is 13.1. The summed E-state index contributed by atoms with van der Waals surface area (Å²) in [4.78, 5) is 42.1. The van der Waals surface area contributed by atoms with Crippen LogP contribution < -0.4 is 15.0 Å². The van der Waals surface area contributed by atoms with Gasteiger partial charge in [0.25, 0.3) is 11.8 Å². The summed E-state index contributed by atoms with van der Waals surface area (Å²) in [5.74, 6) is 0.199. The summed E-state index contributed by atoms with van der Waals surface area (Å²) in [6.07, 6.45) is 1.96. The van der Waals surface area contributed by atoms with Crippen LogP contribution in [0.3, 0.4) is 0 Å². The number of hydrogen-bond acceptors (Lipinski definition) is 4. The molecule has 2 aliphatic rings. The van der Waals surface area contributed by atoms with E-state index in [-0.39, 0.29) is 24.3 Å². The van der Waals surface area contributed by atoms with Gasteiger partial charge in [0.05, 0.1) is 5.69 Å². The zero-order valence-electron chi connectivity index (χ0n) is 19.7. The molecule has 0 aromatic heterocycles. The predicted molar refractivity (Wildman–Crippen MR) is 128 cm³/mol. The molecule has 0 radical (unpaired) electrons. The summed E-state index contributed by atoms with van der Waals surface area (Å²) in [5, 5.41) is 2.90. The standard InChI is InChI=1S/C26H31N3O4/c1-17(2)18-7-10-20(11-8-18)27-24(31)19-9-12-22-21(15-19)29(25(32)26(3,4)33-22)16-23(30)28-13-5-6-14-28/h7-12,15,17H,5-6,13-14,16H2,1-4H3,(H,27,31). The fraction of sp³-hybridized carbons (Fsp3) is 0.423. The molecule has 2 heterocycles. The number of anilines is 2. The summed E-state index contributed by atoms with van der Waals surface area (Å²) < 4.78 is 5.91. The van der Waals surface area contributed by atoms with E-state index in [0.717, 1.165) is 12.8 Å². The number of ether oxygens (including phenoxy) is 1. The molecular weight excluding hydrogens is 418 g/mol. The first kappa shape index (κ1) is 22.8. The molecule has 7 nitrogen and oxygen atoms in total. The minimum atomic E-state index is -1.10. The number of nitrogens with zero attached hydrogens (tertiary/aromatic N) is 2. The zero-order chi connectivity index (χ0) is 23.8. The van der Waals surface area contributed by atoms with Crippen LogP contribution in [0.5, 0.6) is 5.75 Å². The number of benzene rings is 2. The second kappa shape index (κ2) is 8.89. The Kier molecular flexibility index (Phi) is 6.15. The highest BCUT2D eigenvalue weighted by atomic mass is 16.5. The van der Waals surface area contributed by atoms with Crippen molar-refractivity contribution in [1.29, 1.82) is 0 Å². The van der Waals surface area contributed by atoms with Crippen LogP contribution in [0.1, 0.15) is 62.4 Å². The van der Waals surface area contributed by atoms with Crippen LogP contribution >= 0.6 is 0 Å². The predicted octanol–water partition coefficient (Wildman–Crippen LogP) is 4.19. The van der Waals surface area contributed by atoms with E-state index in [9.17, 15) is 14.4 Å². The molecule has 3 amide bonds. The molecule has 2 aromatic rings. The van der Waals surface area contributed by atoms with Crippen LogP contribution in [-0.2, 0) is 9.59 Å². The largest absolute Gasteiger partial charge is 0.476 e. The smallest absolute Gasteiger partial charge is 0.271 e. The lowest BCUT2D eigenvalue weighted by molar-refractivity contribution is -0.136. The second-order valence-electron chi connectivity index (χ2n) is 9.50. The monoisotopic (exact) mass is 449 g/mol. The van der Waals surface area contributed by atoms with Crippen molar-refractivity contribution < 1.29 is 19.1 Å². The van der Waals surface area contributed by atoms with Crippen molar-refractivity contribution in [3.63, 3.8) is 0 Å². The Morgan fingerprint density at radius 2 is 1.73 bits per heavy atom. The quantitative estimate of drug-likeness (QED) is 0.742. The van der Waals surface area contributed by atoms with Gasteiger partial charge in [-0.1, -0.05) is 26.0 Å². The van der Waals surface area contributed by atoms with Gasteiger partial charge in [0.1, 0.15) is 12.3 Å². The molecular formula is C26H31N3O4. The Balaban J connectivity index is 1.58. The van der Waals surface area contributed by atoms with E-state index in [1.54, 1.807) is 36.9 Å². The number of amides is 3. The molecule has 0 atom stereocenters. The SMILES string of the molecule is CC(C)c1ccc(NC(=O)c2ccc3c(c2)N(CC(=O)N2CCCC2)C(=O)C(C)(C)O3)cc1. The van der Waals surface area contributed by atoms with E-state index < -0.39 is 5.60 Å². The topological polar surface area (TPSA) is 79.0 Å². The Morgan fingerprint density at radius 1 is 1.06 bits per heavy atom. The lowest BCUT2D eigenvalue weighted by Gasteiger charge is -2.39. The maximum absolute atomic E-state index is 13.1. The Labute approximate surface area is 194 Å². The first-order chi connectivity index (χ1) is 15.7. The lowest BCUT2D eigenvalue weighted by Crippen LogP contribution is -2.55. The van der Waals surface area contributed by atoms with Crippen LogP contribution in [0, 0.1) is 0 Å². The van der Waals surface area contributed by atoms with Crippen LogP contribution in [-0.4, -0.2) is 47.9 Å². The van der Waals surface area contributed by atoms with E-state index in [2.05, 4.69) is 19.2 Å². The zero-order valence-corrected chi connectivity index (χ0v) is 19.7. The van der Waals surface area contributed by atoms with Crippen molar-refractivity contribution in [2.75, 3.05) is 29.9 Å². The summed E-state index contributed by atoms with van der Waals surface area (Å²) >= 11 is 0. The number of carbonyl (C=O) groups excluding carboxylic acids is 3.